The number of rotatable bonds is 4. The second kappa shape index (κ2) is 5.65. The number of benzene rings is 2. The Morgan fingerprint density at radius 1 is 1.11 bits per heavy atom. The molecule has 18 heavy (non-hydrogen) atoms. The fourth-order valence-corrected chi connectivity index (χ4v) is 1.74. The molecule has 0 aliphatic carbocycles. The summed E-state index contributed by atoms with van der Waals surface area (Å²) in [6.07, 6.45) is 0.966. The van der Waals surface area contributed by atoms with Crippen LogP contribution < -0.4 is 10.5 Å². The molecule has 0 amide bonds. The first-order chi connectivity index (χ1) is 8.74. The van der Waals surface area contributed by atoms with Crippen LogP contribution in [0.5, 0.6) is 11.5 Å². The van der Waals surface area contributed by atoms with Gasteiger partial charge in [-0.3, -0.25) is 0 Å². The van der Waals surface area contributed by atoms with Gasteiger partial charge in [0.1, 0.15) is 5.75 Å². The van der Waals surface area contributed by atoms with Gasteiger partial charge in [0.25, 0.3) is 0 Å². The first-order valence-electron chi connectivity index (χ1n) is 5.99. The minimum atomic E-state index is -0.391. The SMILES string of the molecule is CCc1ccc(Oc2c(F)cccc2CN)cc1. The van der Waals surface area contributed by atoms with E-state index in [2.05, 4.69) is 6.92 Å². The number of halogens is 1. The van der Waals surface area contributed by atoms with E-state index in [1.165, 1.54) is 11.6 Å². The van der Waals surface area contributed by atoms with Crippen molar-refractivity contribution in [3.8, 4) is 11.5 Å². The number of aryl methyl sites for hydroxylation is 1. The van der Waals surface area contributed by atoms with Crippen LogP contribution in [0.15, 0.2) is 42.5 Å². The molecule has 0 atom stereocenters. The molecule has 2 aromatic carbocycles. The summed E-state index contributed by atoms with van der Waals surface area (Å²) in [5.74, 6) is 0.439. The molecule has 0 saturated carbocycles. The monoisotopic (exact) mass is 245 g/mol. The van der Waals surface area contributed by atoms with Crippen LogP contribution >= 0.6 is 0 Å². The molecule has 0 aliphatic heterocycles. The number of para-hydroxylation sites is 1. The van der Waals surface area contributed by atoms with Gasteiger partial charge < -0.3 is 10.5 Å². The van der Waals surface area contributed by atoms with Crippen molar-refractivity contribution in [2.45, 2.75) is 19.9 Å². The van der Waals surface area contributed by atoms with Crippen molar-refractivity contribution in [3.63, 3.8) is 0 Å². The quantitative estimate of drug-likeness (QED) is 0.892. The van der Waals surface area contributed by atoms with Gasteiger partial charge in [-0.15, -0.1) is 0 Å². The minimum absolute atomic E-state index is 0.212. The largest absolute Gasteiger partial charge is 0.454 e. The molecular formula is C15H16FNO. The lowest BCUT2D eigenvalue weighted by Gasteiger charge is -2.11. The van der Waals surface area contributed by atoms with Crippen molar-refractivity contribution in [1.82, 2.24) is 0 Å². The average molecular weight is 245 g/mol. The maximum Gasteiger partial charge on any atom is 0.167 e. The third-order valence-corrected chi connectivity index (χ3v) is 2.82. The van der Waals surface area contributed by atoms with Crippen molar-refractivity contribution in [3.05, 3.63) is 59.4 Å². The molecule has 0 radical (unpaired) electrons. The highest BCUT2D eigenvalue weighted by atomic mass is 19.1. The van der Waals surface area contributed by atoms with Crippen molar-refractivity contribution in [2.75, 3.05) is 0 Å². The predicted octanol–water partition coefficient (Wildman–Crippen LogP) is 3.64. The summed E-state index contributed by atoms with van der Waals surface area (Å²) in [5, 5.41) is 0. The Bertz CT molecular complexity index is 523. The van der Waals surface area contributed by atoms with Crippen LogP contribution in [0.4, 0.5) is 4.39 Å². The van der Waals surface area contributed by atoms with E-state index < -0.39 is 5.82 Å². The number of nitrogens with two attached hydrogens (primary N) is 1. The Kier molecular flexibility index (Phi) is 3.95. The van der Waals surface area contributed by atoms with Crippen LogP contribution in [0.2, 0.25) is 0 Å². The summed E-state index contributed by atoms with van der Waals surface area (Å²) >= 11 is 0. The molecule has 0 aromatic heterocycles. The number of hydrogen-bond donors (Lipinski definition) is 1. The molecule has 2 aromatic rings. The summed E-state index contributed by atoms with van der Waals surface area (Å²) < 4.78 is 19.3. The molecule has 0 spiro atoms. The summed E-state index contributed by atoms with van der Waals surface area (Å²) in [7, 11) is 0. The van der Waals surface area contributed by atoms with Gasteiger partial charge in [0, 0.05) is 12.1 Å². The van der Waals surface area contributed by atoms with Crippen LogP contribution in [0, 0.1) is 5.82 Å². The molecule has 0 bridgehead atoms. The molecule has 3 heteroatoms. The molecule has 0 unspecified atom stereocenters. The van der Waals surface area contributed by atoms with Gasteiger partial charge in [-0.2, -0.15) is 0 Å². The first-order valence-corrected chi connectivity index (χ1v) is 5.99. The minimum Gasteiger partial charge on any atom is -0.454 e. The smallest absolute Gasteiger partial charge is 0.167 e. The van der Waals surface area contributed by atoms with Crippen LogP contribution in [-0.2, 0) is 13.0 Å². The Balaban J connectivity index is 2.27. The third kappa shape index (κ3) is 2.68. The van der Waals surface area contributed by atoms with Gasteiger partial charge in [-0.1, -0.05) is 31.2 Å². The van der Waals surface area contributed by atoms with E-state index in [9.17, 15) is 4.39 Å². The molecule has 0 fully saturated rings. The zero-order valence-corrected chi connectivity index (χ0v) is 10.3. The topological polar surface area (TPSA) is 35.2 Å². The van der Waals surface area contributed by atoms with Gasteiger partial charge in [0.15, 0.2) is 11.6 Å². The van der Waals surface area contributed by atoms with E-state index in [1.807, 2.05) is 24.3 Å². The maximum absolute atomic E-state index is 13.7. The molecular weight excluding hydrogens is 229 g/mol. The number of ether oxygens (including phenoxy) is 1. The van der Waals surface area contributed by atoms with Crippen LogP contribution in [-0.4, -0.2) is 0 Å². The summed E-state index contributed by atoms with van der Waals surface area (Å²) in [4.78, 5) is 0. The highest BCUT2D eigenvalue weighted by Gasteiger charge is 2.09. The second-order valence-corrected chi connectivity index (χ2v) is 4.03. The van der Waals surface area contributed by atoms with Gasteiger partial charge in [-0.05, 0) is 30.2 Å². The summed E-state index contributed by atoms with van der Waals surface area (Å²) in [6, 6.07) is 12.4. The first kappa shape index (κ1) is 12.6. The Hall–Kier alpha value is -1.87. The van der Waals surface area contributed by atoms with Crippen molar-refractivity contribution in [2.24, 2.45) is 5.73 Å². The molecule has 0 saturated heterocycles. The number of hydrogen-bond acceptors (Lipinski definition) is 2. The normalized spacial score (nSPS) is 10.4. The maximum atomic E-state index is 13.7. The molecule has 2 nitrogen and oxygen atoms in total. The van der Waals surface area contributed by atoms with Crippen LogP contribution in [0.25, 0.3) is 0 Å². The summed E-state index contributed by atoms with van der Waals surface area (Å²) in [6.45, 7) is 2.33. The lowest BCUT2D eigenvalue weighted by molar-refractivity contribution is 0.436. The Labute approximate surface area is 106 Å². The average Bonchev–Trinajstić information content (AvgIpc) is 2.42. The lowest BCUT2D eigenvalue weighted by atomic mass is 10.1. The Morgan fingerprint density at radius 3 is 2.44 bits per heavy atom. The van der Waals surface area contributed by atoms with Gasteiger partial charge in [-0.25, -0.2) is 4.39 Å². The molecule has 0 heterocycles. The Morgan fingerprint density at radius 2 is 1.83 bits per heavy atom. The van der Waals surface area contributed by atoms with E-state index in [1.54, 1.807) is 12.1 Å². The van der Waals surface area contributed by atoms with E-state index in [0.717, 1.165) is 6.42 Å². The van der Waals surface area contributed by atoms with E-state index in [-0.39, 0.29) is 12.3 Å². The second-order valence-electron chi connectivity index (χ2n) is 4.03. The molecule has 94 valence electrons. The van der Waals surface area contributed by atoms with E-state index >= 15 is 0 Å². The van der Waals surface area contributed by atoms with Gasteiger partial charge in [0.2, 0.25) is 0 Å². The molecule has 2 N–H and O–H groups in total. The fraction of sp³-hybridized carbons (Fsp3) is 0.200. The zero-order valence-electron chi connectivity index (χ0n) is 10.3. The van der Waals surface area contributed by atoms with E-state index in [0.29, 0.717) is 11.3 Å². The van der Waals surface area contributed by atoms with Crippen molar-refractivity contribution < 1.29 is 9.13 Å². The summed E-state index contributed by atoms with van der Waals surface area (Å²) in [5.41, 5.74) is 7.45. The molecule has 2 rings (SSSR count). The lowest BCUT2D eigenvalue weighted by Crippen LogP contribution is -2.01. The highest BCUT2D eigenvalue weighted by molar-refractivity contribution is 5.39. The van der Waals surface area contributed by atoms with Gasteiger partial charge >= 0.3 is 0 Å². The predicted molar refractivity (Wildman–Crippen MR) is 70.2 cm³/mol. The zero-order chi connectivity index (χ0) is 13.0. The van der Waals surface area contributed by atoms with Gasteiger partial charge in [0.05, 0.1) is 0 Å². The van der Waals surface area contributed by atoms with Crippen molar-refractivity contribution in [1.29, 1.82) is 0 Å². The molecule has 0 aliphatic rings. The van der Waals surface area contributed by atoms with Crippen molar-refractivity contribution >= 4 is 0 Å². The van der Waals surface area contributed by atoms with Crippen LogP contribution in [0.3, 0.4) is 0 Å². The third-order valence-electron chi connectivity index (χ3n) is 2.82. The fourth-order valence-electron chi connectivity index (χ4n) is 1.74. The highest BCUT2D eigenvalue weighted by Crippen LogP contribution is 2.28. The standard InChI is InChI=1S/C15H16FNO/c1-2-11-6-8-13(9-7-11)18-15-12(10-17)4-3-5-14(15)16/h3-9H,2,10,17H2,1H3. The van der Waals surface area contributed by atoms with E-state index in [4.69, 9.17) is 10.5 Å². The van der Waals surface area contributed by atoms with Crippen LogP contribution in [0.1, 0.15) is 18.1 Å².